The van der Waals surface area contributed by atoms with Crippen molar-refractivity contribution in [2.24, 2.45) is 0 Å². The standard InChI is InChI=1S/C8H12ClFN2O2S/c1-6(2)8-11-7(15(9,13)14)5-12(8)4-3-10/h5-6H,3-4H2,1-2H3. The van der Waals surface area contributed by atoms with E-state index in [-0.39, 0.29) is 17.5 Å². The van der Waals surface area contributed by atoms with Crippen molar-refractivity contribution in [3.05, 3.63) is 12.0 Å². The SMILES string of the molecule is CC(C)c1nc(S(=O)(=O)Cl)cn1CCF. The largest absolute Gasteiger partial charge is 0.331 e. The van der Waals surface area contributed by atoms with Crippen LogP contribution in [0.15, 0.2) is 11.2 Å². The minimum absolute atomic E-state index is 0.0173. The second kappa shape index (κ2) is 4.49. The lowest BCUT2D eigenvalue weighted by atomic mass is 10.2. The molecule has 1 aromatic heterocycles. The minimum Gasteiger partial charge on any atom is -0.331 e. The molecular weight excluding hydrogens is 243 g/mol. The van der Waals surface area contributed by atoms with E-state index in [0.29, 0.717) is 5.82 Å². The van der Waals surface area contributed by atoms with Crippen LogP contribution in [0.25, 0.3) is 0 Å². The highest BCUT2D eigenvalue weighted by Gasteiger charge is 2.19. The number of nitrogens with zero attached hydrogens (tertiary/aromatic N) is 2. The molecule has 7 heteroatoms. The lowest BCUT2D eigenvalue weighted by Crippen LogP contribution is -2.05. The van der Waals surface area contributed by atoms with Gasteiger partial charge in [-0.1, -0.05) is 13.8 Å². The minimum atomic E-state index is -3.84. The molecule has 0 aliphatic carbocycles. The quantitative estimate of drug-likeness (QED) is 0.771. The second-order valence-corrected chi connectivity index (χ2v) is 5.93. The van der Waals surface area contributed by atoms with E-state index in [2.05, 4.69) is 4.98 Å². The average molecular weight is 255 g/mol. The van der Waals surface area contributed by atoms with Crippen molar-refractivity contribution in [1.29, 1.82) is 0 Å². The summed E-state index contributed by atoms with van der Waals surface area (Å²) in [7, 11) is 1.31. The Bertz CT molecular complexity index is 441. The molecule has 1 rings (SSSR count). The summed E-state index contributed by atoms with van der Waals surface area (Å²) in [4.78, 5) is 3.88. The van der Waals surface area contributed by atoms with Gasteiger partial charge in [-0.3, -0.25) is 0 Å². The molecule has 4 nitrogen and oxygen atoms in total. The zero-order valence-electron chi connectivity index (χ0n) is 8.44. The van der Waals surface area contributed by atoms with Crippen LogP contribution in [0.1, 0.15) is 25.6 Å². The third-order valence-electron chi connectivity index (χ3n) is 1.88. The van der Waals surface area contributed by atoms with Gasteiger partial charge < -0.3 is 4.57 Å². The first-order valence-corrected chi connectivity index (χ1v) is 6.75. The highest BCUT2D eigenvalue weighted by Crippen LogP contribution is 2.19. The first kappa shape index (κ1) is 12.4. The molecule has 0 atom stereocenters. The first-order chi connectivity index (χ1) is 6.86. The molecule has 0 aromatic carbocycles. The van der Waals surface area contributed by atoms with Gasteiger partial charge in [0.25, 0.3) is 9.05 Å². The molecule has 0 aliphatic rings. The summed E-state index contributed by atoms with van der Waals surface area (Å²) in [5, 5.41) is -0.221. The smallest absolute Gasteiger partial charge is 0.280 e. The molecule has 0 saturated heterocycles. The molecule has 0 N–H and O–H groups in total. The Morgan fingerprint density at radius 3 is 2.60 bits per heavy atom. The van der Waals surface area contributed by atoms with Crippen molar-refractivity contribution in [2.75, 3.05) is 6.67 Å². The topological polar surface area (TPSA) is 52.0 Å². The van der Waals surface area contributed by atoms with Gasteiger partial charge in [0.05, 0.1) is 6.54 Å². The monoisotopic (exact) mass is 254 g/mol. The molecule has 15 heavy (non-hydrogen) atoms. The molecule has 0 unspecified atom stereocenters. The van der Waals surface area contributed by atoms with E-state index in [1.165, 1.54) is 10.8 Å². The molecule has 0 spiro atoms. The van der Waals surface area contributed by atoms with Crippen molar-refractivity contribution < 1.29 is 12.8 Å². The molecular formula is C8H12ClFN2O2S. The maximum Gasteiger partial charge on any atom is 0.280 e. The van der Waals surface area contributed by atoms with Crippen LogP contribution in [-0.2, 0) is 15.6 Å². The molecule has 0 aliphatic heterocycles. The summed E-state index contributed by atoms with van der Waals surface area (Å²) in [5.41, 5.74) is 0. The second-order valence-electron chi connectivity index (χ2n) is 3.41. The number of hydrogen-bond acceptors (Lipinski definition) is 3. The summed E-state index contributed by atoms with van der Waals surface area (Å²) in [5.74, 6) is 0.538. The zero-order valence-corrected chi connectivity index (χ0v) is 10.0. The number of aryl methyl sites for hydroxylation is 1. The van der Waals surface area contributed by atoms with Crippen molar-refractivity contribution >= 4 is 19.7 Å². The zero-order chi connectivity index (χ0) is 11.6. The van der Waals surface area contributed by atoms with Crippen LogP contribution in [0, 0.1) is 0 Å². The van der Waals surface area contributed by atoms with Crippen LogP contribution in [0.2, 0.25) is 0 Å². The maximum absolute atomic E-state index is 12.2. The van der Waals surface area contributed by atoms with E-state index >= 15 is 0 Å². The Kier molecular flexibility index (Phi) is 3.72. The van der Waals surface area contributed by atoms with Crippen LogP contribution in [0.4, 0.5) is 4.39 Å². The Morgan fingerprint density at radius 1 is 1.60 bits per heavy atom. The average Bonchev–Trinajstić information content (AvgIpc) is 2.48. The van der Waals surface area contributed by atoms with E-state index in [9.17, 15) is 12.8 Å². The molecule has 0 radical (unpaired) electrons. The number of aromatic nitrogens is 2. The van der Waals surface area contributed by atoms with Crippen molar-refractivity contribution in [3.63, 3.8) is 0 Å². The van der Waals surface area contributed by atoms with Crippen LogP contribution in [-0.4, -0.2) is 24.6 Å². The molecule has 0 saturated carbocycles. The van der Waals surface area contributed by atoms with Gasteiger partial charge in [0.2, 0.25) is 0 Å². The van der Waals surface area contributed by atoms with Gasteiger partial charge in [0.1, 0.15) is 12.5 Å². The van der Waals surface area contributed by atoms with Crippen molar-refractivity contribution in [2.45, 2.75) is 31.3 Å². The highest BCUT2D eigenvalue weighted by molar-refractivity contribution is 8.13. The van der Waals surface area contributed by atoms with Crippen molar-refractivity contribution in [1.82, 2.24) is 9.55 Å². The number of halogens is 2. The number of hydrogen-bond donors (Lipinski definition) is 0. The first-order valence-electron chi connectivity index (χ1n) is 4.44. The lowest BCUT2D eigenvalue weighted by molar-refractivity contribution is 0.436. The van der Waals surface area contributed by atoms with E-state index in [1.807, 2.05) is 13.8 Å². The van der Waals surface area contributed by atoms with Crippen molar-refractivity contribution in [3.8, 4) is 0 Å². The van der Waals surface area contributed by atoms with E-state index in [1.54, 1.807) is 0 Å². The molecule has 1 aromatic rings. The number of alkyl halides is 1. The Balaban J connectivity index is 3.21. The molecule has 0 bridgehead atoms. The summed E-state index contributed by atoms with van der Waals surface area (Å²) in [6, 6.07) is 0. The summed E-state index contributed by atoms with van der Waals surface area (Å²) >= 11 is 0. The van der Waals surface area contributed by atoms with Gasteiger partial charge in [-0.05, 0) is 0 Å². The molecule has 86 valence electrons. The summed E-state index contributed by atoms with van der Waals surface area (Å²) in [6.45, 7) is 3.22. The fourth-order valence-electron chi connectivity index (χ4n) is 1.25. The van der Waals surface area contributed by atoms with Crippen LogP contribution < -0.4 is 0 Å². The fourth-order valence-corrected chi connectivity index (χ4v) is 1.93. The molecule has 0 fully saturated rings. The predicted octanol–water partition coefficient (Wildman–Crippen LogP) is 1.90. The highest BCUT2D eigenvalue weighted by atomic mass is 35.7. The summed E-state index contributed by atoms with van der Waals surface area (Å²) in [6.07, 6.45) is 1.26. The third kappa shape index (κ3) is 2.92. The van der Waals surface area contributed by atoms with Crippen LogP contribution >= 0.6 is 10.7 Å². The lowest BCUT2D eigenvalue weighted by Gasteiger charge is -2.06. The molecule has 0 amide bonds. The maximum atomic E-state index is 12.2. The van der Waals surface area contributed by atoms with Gasteiger partial charge in [-0.15, -0.1) is 0 Å². The van der Waals surface area contributed by atoms with E-state index in [0.717, 1.165) is 0 Å². The molecule has 1 heterocycles. The summed E-state index contributed by atoms with van der Waals surface area (Å²) < 4.78 is 35.7. The van der Waals surface area contributed by atoms with Gasteiger partial charge in [-0.25, -0.2) is 17.8 Å². The predicted molar refractivity (Wildman–Crippen MR) is 55.3 cm³/mol. The van der Waals surface area contributed by atoms with Gasteiger partial charge in [0.15, 0.2) is 5.03 Å². The fraction of sp³-hybridized carbons (Fsp3) is 0.625. The Hall–Kier alpha value is -0.620. The van der Waals surface area contributed by atoms with Crippen LogP contribution in [0.5, 0.6) is 0 Å². The third-order valence-corrected chi connectivity index (χ3v) is 3.05. The number of rotatable bonds is 4. The van der Waals surface area contributed by atoms with E-state index in [4.69, 9.17) is 10.7 Å². The van der Waals surface area contributed by atoms with Crippen LogP contribution in [0.3, 0.4) is 0 Å². The van der Waals surface area contributed by atoms with Gasteiger partial charge in [0, 0.05) is 22.8 Å². The van der Waals surface area contributed by atoms with Gasteiger partial charge >= 0.3 is 0 Å². The Morgan fingerprint density at radius 2 is 2.20 bits per heavy atom. The van der Waals surface area contributed by atoms with Gasteiger partial charge in [-0.2, -0.15) is 0 Å². The Labute approximate surface area is 92.5 Å². The number of imidazole rings is 1. The normalized spacial score (nSPS) is 12.3. The van der Waals surface area contributed by atoms with E-state index < -0.39 is 15.7 Å².